The van der Waals surface area contributed by atoms with Crippen LogP contribution < -0.4 is 5.32 Å². The van der Waals surface area contributed by atoms with Crippen LogP contribution in [0.1, 0.15) is 28.8 Å². The molecule has 29 heavy (non-hydrogen) atoms. The van der Waals surface area contributed by atoms with Crippen molar-refractivity contribution in [1.82, 2.24) is 10.2 Å². The van der Waals surface area contributed by atoms with E-state index in [4.69, 9.17) is 27.9 Å². The first-order valence-electron chi connectivity index (χ1n) is 9.18. The SMILES string of the molecule is O=C(CNC(=O)C1CCCN1C(=O)c1cc(Cl)cc(Cl)c1)OCc1ccccc1. The highest BCUT2D eigenvalue weighted by molar-refractivity contribution is 6.35. The van der Waals surface area contributed by atoms with E-state index in [1.165, 1.54) is 23.1 Å². The predicted molar refractivity (Wildman–Crippen MR) is 110 cm³/mol. The monoisotopic (exact) mass is 434 g/mol. The van der Waals surface area contributed by atoms with Gasteiger partial charge in [0.05, 0.1) is 0 Å². The van der Waals surface area contributed by atoms with Gasteiger partial charge in [-0.05, 0) is 36.6 Å². The molecular formula is C21H20Cl2N2O4. The molecule has 0 saturated carbocycles. The van der Waals surface area contributed by atoms with Gasteiger partial charge in [-0.3, -0.25) is 14.4 Å². The van der Waals surface area contributed by atoms with E-state index in [0.717, 1.165) is 5.56 Å². The Hall–Kier alpha value is -2.57. The predicted octanol–water partition coefficient (Wildman–Crippen LogP) is 3.46. The molecule has 6 nitrogen and oxygen atoms in total. The number of hydrogen-bond donors (Lipinski definition) is 1. The Morgan fingerprint density at radius 1 is 1.07 bits per heavy atom. The zero-order chi connectivity index (χ0) is 20.8. The van der Waals surface area contributed by atoms with Crippen LogP contribution in [0.25, 0.3) is 0 Å². The van der Waals surface area contributed by atoms with Crippen molar-refractivity contribution >= 4 is 41.0 Å². The molecule has 2 aromatic rings. The lowest BCUT2D eigenvalue weighted by molar-refractivity contribution is -0.145. The van der Waals surface area contributed by atoms with Crippen LogP contribution in [0.5, 0.6) is 0 Å². The van der Waals surface area contributed by atoms with Crippen LogP contribution in [0, 0.1) is 0 Å². The Labute approximate surface area is 178 Å². The second-order valence-corrected chi connectivity index (χ2v) is 7.55. The van der Waals surface area contributed by atoms with Gasteiger partial charge >= 0.3 is 5.97 Å². The van der Waals surface area contributed by atoms with E-state index in [1.807, 2.05) is 30.3 Å². The first-order valence-corrected chi connectivity index (χ1v) is 9.94. The van der Waals surface area contributed by atoms with Gasteiger partial charge in [-0.1, -0.05) is 53.5 Å². The minimum atomic E-state index is -0.651. The topological polar surface area (TPSA) is 75.7 Å². The molecule has 1 saturated heterocycles. The van der Waals surface area contributed by atoms with E-state index in [-0.39, 0.29) is 25.0 Å². The van der Waals surface area contributed by atoms with Crippen molar-refractivity contribution < 1.29 is 19.1 Å². The van der Waals surface area contributed by atoms with Crippen LogP contribution >= 0.6 is 23.2 Å². The number of esters is 1. The number of likely N-dealkylation sites (tertiary alicyclic amines) is 1. The zero-order valence-corrected chi connectivity index (χ0v) is 17.1. The molecule has 1 aliphatic rings. The first-order chi connectivity index (χ1) is 13.9. The summed E-state index contributed by atoms with van der Waals surface area (Å²) in [6.07, 6.45) is 1.21. The van der Waals surface area contributed by atoms with Crippen LogP contribution in [0.4, 0.5) is 0 Å². The van der Waals surface area contributed by atoms with Gasteiger partial charge < -0.3 is 15.0 Å². The van der Waals surface area contributed by atoms with Gasteiger partial charge in [-0.25, -0.2) is 0 Å². The lowest BCUT2D eigenvalue weighted by Crippen LogP contribution is -2.47. The Kier molecular flexibility index (Phi) is 7.12. The highest BCUT2D eigenvalue weighted by Gasteiger charge is 2.34. The molecule has 1 unspecified atom stereocenters. The van der Waals surface area contributed by atoms with Crippen molar-refractivity contribution in [3.63, 3.8) is 0 Å². The third-order valence-corrected chi connectivity index (χ3v) is 5.01. The molecule has 0 spiro atoms. The summed E-state index contributed by atoms with van der Waals surface area (Å²) >= 11 is 11.9. The second kappa shape index (κ2) is 9.76. The lowest BCUT2D eigenvalue weighted by Gasteiger charge is -2.24. The molecule has 0 aromatic heterocycles. The van der Waals surface area contributed by atoms with Crippen molar-refractivity contribution in [2.24, 2.45) is 0 Å². The number of nitrogens with one attached hydrogen (secondary N) is 1. The number of hydrogen-bond acceptors (Lipinski definition) is 4. The molecule has 3 rings (SSSR count). The maximum absolute atomic E-state index is 12.8. The molecule has 0 bridgehead atoms. The summed E-state index contributed by atoms with van der Waals surface area (Å²) < 4.78 is 5.15. The molecule has 152 valence electrons. The van der Waals surface area contributed by atoms with Gasteiger partial charge in [-0.15, -0.1) is 0 Å². The quantitative estimate of drug-likeness (QED) is 0.706. The van der Waals surface area contributed by atoms with Gasteiger partial charge in [-0.2, -0.15) is 0 Å². The van der Waals surface area contributed by atoms with E-state index in [9.17, 15) is 14.4 Å². The molecule has 1 atom stereocenters. The number of nitrogens with zero attached hydrogens (tertiary/aromatic N) is 1. The smallest absolute Gasteiger partial charge is 0.325 e. The van der Waals surface area contributed by atoms with Gasteiger partial charge in [0.15, 0.2) is 0 Å². The Bertz CT molecular complexity index is 885. The molecule has 0 aliphatic carbocycles. The average molecular weight is 435 g/mol. The molecule has 1 aliphatic heterocycles. The molecular weight excluding hydrogens is 415 g/mol. The largest absolute Gasteiger partial charge is 0.460 e. The van der Waals surface area contributed by atoms with E-state index >= 15 is 0 Å². The van der Waals surface area contributed by atoms with Crippen LogP contribution in [0.15, 0.2) is 48.5 Å². The van der Waals surface area contributed by atoms with E-state index in [1.54, 1.807) is 0 Å². The maximum atomic E-state index is 12.8. The fourth-order valence-electron chi connectivity index (χ4n) is 3.19. The zero-order valence-electron chi connectivity index (χ0n) is 15.6. The normalized spacial score (nSPS) is 15.8. The van der Waals surface area contributed by atoms with Crippen LogP contribution in [-0.2, 0) is 20.9 Å². The summed E-state index contributed by atoms with van der Waals surface area (Å²) in [4.78, 5) is 38.7. The molecule has 0 radical (unpaired) electrons. The summed E-state index contributed by atoms with van der Waals surface area (Å²) in [7, 11) is 0. The van der Waals surface area contributed by atoms with Crippen LogP contribution in [-0.4, -0.2) is 41.8 Å². The minimum absolute atomic E-state index is 0.138. The number of benzene rings is 2. The molecule has 1 fully saturated rings. The van der Waals surface area contributed by atoms with Gasteiger partial charge in [0.1, 0.15) is 19.2 Å². The summed E-state index contributed by atoms with van der Waals surface area (Å²) in [5.74, 6) is -1.25. The second-order valence-electron chi connectivity index (χ2n) is 6.68. The van der Waals surface area contributed by atoms with Crippen LogP contribution in [0.2, 0.25) is 10.0 Å². The van der Waals surface area contributed by atoms with Crippen molar-refractivity contribution in [2.45, 2.75) is 25.5 Å². The number of carbonyl (C=O) groups excluding carboxylic acids is 3. The summed E-state index contributed by atoms with van der Waals surface area (Å²) in [5, 5.41) is 3.26. The number of ether oxygens (including phenoxy) is 1. The number of amides is 2. The van der Waals surface area contributed by atoms with Crippen molar-refractivity contribution in [1.29, 1.82) is 0 Å². The fourth-order valence-corrected chi connectivity index (χ4v) is 3.72. The van der Waals surface area contributed by atoms with E-state index in [0.29, 0.717) is 35.0 Å². The van der Waals surface area contributed by atoms with Crippen molar-refractivity contribution in [3.05, 3.63) is 69.7 Å². The first kappa shape index (κ1) is 21.1. The molecule has 1 N–H and O–H groups in total. The fraction of sp³-hybridized carbons (Fsp3) is 0.286. The van der Waals surface area contributed by atoms with E-state index in [2.05, 4.69) is 5.32 Å². The average Bonchev–Trinajstić information content (AvgIpc) is 3.20. The standard InChI is InChI=1S/C21H20Cl2N2O4/c22-16-9-15(10-17(23)11-16)21(28)25-8-4-7-18(25)20(27)24-12-19(26)29-13-14-5-2-1-3-6-14/h1-3,5-6,9-11,18H,4,7-8,12-13H2,(H,24,27). The maximum Gasteiger partial charge on any atom is 0.325 e. The van der Waals surface area contributed by atoms with Crippen molar-refractivity contribution in [2.75, 3.05) is 13.1 Å². The third-order valence-electron chi connectivity index (χ3n) is 4.58. The highest BCUT2D eigenvalue weighted by atomic mass is 35.5. The third kappa shape index (κ3) is 5.71. The van der Waals surface area contributed by atoms with Gasteiger partial charge in [0.2, 0.25) is 5.91 Å². The van der Waals surface area contributed by atoms with Gasteiger partial charge in [0.25, 0.3) is 5.91 Å². The summed E-state index contributed by atoms with van der Waals surface area (Å²) in [6.45, 7) is 0.325. The lowest BCUT2D eigenvalue weighted by atomic mass is 10.1. The molecule has 2 amide bonds. The summed E-state index contributed by atoms with van der Waals surface area (Å²) in [6, 6.07) is 13.2. The highest BCUT2D eigenvalue weighted by Crippen LogP contribution is 2.24. The van der Waals surface area contributed by atoms with Gasteiger partial charge in [0, 0.05) is 22.2 Å². The van der Waals surface area contributed by atoms with Crippen molar-refractivity contribution in [3.8, 4) is 0 Å². The Morgan fingerprint density at radius 3 is 2.45 bits per heavy atom. The summed E-state index contributed by atoms with van der Waals surface area (Å²) in [5.41, 5.74) is 1.18. The number of rotatable bonds is 6. The number of halogens is 2. The van der Waals surface area contributed by atoms with E-state index < -0.39 is 12.0 Å². The molecule has 1 heterocycles. The Balaban J connectivity index is 1.54. The Morgan fingerprint density at radius 2 is 1.76 bits per heavy atom. The number of carbonyl (C=O) groups is 3. The van der Waals surface area contributed by atoms with Crippen LogP contribution in [0.3, 0.4) is 0 Å². The molecule has 2 aromatic carbocycles. The minimum Gasteiger partial charge on any atom is -0.460 e. The molecule has 8 heteroatoms.